The second-order valence-corrected chi connectivity index (χ2v) is 7.15. The minimum absolute atomic E-state index is 0.610. The molecule has 1 unspecified atom stereocenters. The van der Waals surface area contributed by atoms with Gasteiger partial charge in [-0.15, -0.1) is 5.06 Å². The third kappa shape index (κ3) is 4.57. The van der Waals surface area contributed by atoms with E-state index in [2.05, 4.69) is 4.84 Å². The molecule has 0 aliphatic carbocycles. The molecule has 1 aliphatic rings. The van der Waals surface area contributed by atoms with Crippen LogP contribution in [-0.4, -0.2) is 65.0 Å². The predicted octanol–water partition coefficient (Wildman–Crippen LogP) is 1.71. The lowest BCUT2D eigenvalue weighted by atomic mass is 10.00. The number of rotatable bonds is 7. The van der Waals surface area contributed by atoms with Gasteiger partial charge in [0, 0.05) is 6.42 Å². The van der Waals surface area contributed by atoms with E-state index in [9.17, 15) is 62.3 Å². The van der Waals surface area contributed by atoms with Crippen molar-refractivity contribution in [2.45, 2.75) is 48.5 Å². The average Bonchev–Trinajstić information content (AvgIpc) is 2.79. The van der Waals surface area contributed by atoms with Crippen LogP contribution in [0.5, 0.6) is 0 Å². The summed E-state index contributed by atoms with van der Waals surface area (Å²) in [6, 6.07) is 0. The van der Waals surface area contributed by atoms with Crippen LogP contribution < -0.4 is 0 Å². The van der Waals surface area contributed by atoms with E-state index < -0.39 is 81.4 Å². The SMILES string of the molecule is O=C(CCC(F)(F)C(F)(F)C(F)(F)C(F)(F)F)ON1C(=O)CC(S(=O)(=O)O)C1=O. The number of nitrogens with zero attached hydrogens (tertiary/aromatic N) is 1. The van der Waals surface area contributed by atoms with Gasteiger partial charge in [-0.1, -0.05) is 0 Å². The second-order valence-electron chi connectivity index (χ2n) is 5.55. The predicted molar refractivity (Wildman–Crippen MR) is 68.0 cm³/mol. The lowest BCUT2D eigenvalue weighted by Crippen LogP contribution is -2.60. The van der Waals surface area contributed by atoms with E-state index in [1.807, 2.05) is 0 Å². The van der Waals surface area contributed by atoms with Crippen LogP contribution in [0.15, 0.2) is 0 Å². The van der Waals surface area contributed by atoms with Crippen molar-refractivity contribution in [1.82, 2.24) is 5.06 Å². The van der Waals surface area contributed by atoms with Crippen molar-refractivity contribution in [3.8, 4) is 0 Å². The first-order valence-electron chi connectivity index (χ1n) is 6.91. The van der Waals surface area contributed by atoms with Gasteiger partial charge in [0.05, 0.1) is 12.8 Å². The Morgan fingerprint density at radius 1 is 1.03 bits per heavy atom. The molecule has 0 saturated carbocycles. The Bertz CT molecular complexity index is 808. The molecule has 1 N–H and O–H groups in total. The Balaban J connectivity index is 2.87. The van der Waals surface area contributed by atoms with Gasteiger partial charge in [0.2, 0.25) is 0 Å². The zero-order valence-corrected chi connectivity index (χ0v) is 14.2. The minimum atomic E-state index is -7.17. The number of carbonyl (C=O) groups excluding carboxylic acids is 3. The number of amides is 2. The standard InChI is InChI=1S/C11H8F9NO7S/c12-8(13,9(14,15)10(16,17)11(18,19)20)2-1-6(23)28-21-5(22)3-4(7(21)24)29(25,26)27/h4H,1-3H2,(H,25,26,27). The number of imide groups is 1. The van der Waals surface area contributed by atoms with Crippen LogP contribution in [0.2, 0.25) is 0 Å². The van der Waals surface area contributed by atoms with Gasteiger partial charge in [-0.3, -0.25) is 14.1 Å². The van der Waals surface area contributed by atoms with Crippen LogP contribution in [0.3, 0.4) is 0 Å². The highest BCUT2D eigenvalue weighted by molar-refractivity contribution is 7.87. The highest BCUT2D eigenvalue weighted by atomic mass is 32.2. The summed E-state index contributed by atoms with van der Waals surface area (Å²) < 4.78 is 144. The van der Waals surface area contributed by atoms with Gasteiger partial charge in [-0.25, -0.2) is 4.79 Å². The van der Waals surface area contributed by atoms with Crippen molar-refractivity contribution < 1.29 is 71.7 Å². The molecule has 0 bridgehead atoms. The quantitative estimate of drug-likeness (QED) is 0.343. The zero-order valence-electron chi connectivity index (χ0n) is 13.4. The summed E-state index contributed by atoms with van der Waals surface area (Å²) in [6.45, 7) is 0. The Labute approximate surface area is 154 Å². The molecule has 1 heterocycles. The van der Waals surface area contributed by atoms with Crippen LogP contribution in [-0.2, 0) is 29.3 Å². The fraction of sp³-hybridized carbons (Fsp3) is 0.727. The molecule has 168 valence electrons. The maximum Gasteiger partial charge on any atom is 0.460 e. The molecule has 1 aliphatic heterocycles. The summed E-state index contributed by atoms with van der Waals surface area (Å²) in [5.74, 6) is -25.8. The number of hydroxylamine groups is 2. The minimum Gasteiger partial charge on any atom is -0.330 e. The third-order valence-corrected chi connectivity index (χ3v) is 4.56. The Morgan fingerprint density at radius 2 is 1.52 bits per heavy atom. The number of hydrogen-bond donors (Lipinski definition) is 1. The zero-order chi connectivity index (χ0) is 23.2. The van der Waals surface area contributed by atoms with E-state index in [0.717, 1.165) is 0 Å². The summed E-state index contributed by atoms with van der Waals surface area (Å²) in [5.41, 5.74) is 0. The van der Waals surface area contributed by atoms with E-state index in [4.69, 9.17) is 4.55 Å². The molecule has 1 fully saturated rings. The van der Waals surface area contributed by atoms with Crippen LogP contribution in [0.25, 0.3) is 0 Å². The van der Waals surface area contributed by atoms with E-state index in [0.29, 0.717) is 0 Å². The number of halogens is 9. The summed E-state index contributed by atoms with van der Waals surface area (Å²) in [6.07, 6.45) is -12.9. The van der Waals surface area contributed by atoms with Crippen molar-refractivity contribution in [3.05, 3.63) is 0 Å². The molecule has 1 atom stereocenters. The molecule has 1 rings (SSSR count). The molecule has 2 amide bonds. The first kappa shape index (κ1) is 24.9. The number of carbonyl (C=O) groups is 3. The van der Waals surface area contributed by atoms with Gasteiger partial charge in [0.15, 0.2) is 5.25 Å². The largest absolute Gasteiger partial charge is 0.460 e. The molecular formula is C11H8F9NO7S. The van der Waals surface area contributed by atoms with Gasteiger partial charge in [-0.2, -0.15) is 47.9 Å². The smallest absolute Gasteiger partial charge is 0.330 e. The van der Waals surface area contributed by atoms with E-state index in [1.54, 1.807) is 0 Å². The van der Waals surface area contributed by atoms with Crippen LogP contribution in [0, 0.1) is 0 Å². The highest BCUT2D eigenvalue weighted by Gasteiger charge is 2.81. The second kappa shape index (κ2) is 7.29. The average molecular weight is 469 g/mol. The maximum atomic E-state index is 13.3. The van der Waals surface area contributed by atoms with Crippen molar-refractivity contribution in [2.24, 2.45) is 0 Å². The first-order valence-corrected chi connectivity index (χ1v) is 8.41. The van der Waals surface area contributed by atoms with Crippen molar-refractivity contribution >= 4 is 27.9 Å². The maximum absolute atomic E-state index is 13.3. The fourth-order valence-electron chi connectivity index (χ4n) is 1.88. The van der Waals surface area contributed by atoms with Gasteiger partial charge in [0.25, 0.3) is 21.9 Å². The molecular weight excluding hydrogens is 461 g/mol. The number of hydrogen-bond acceptors (Lipinski definition) is 6. The fourth-order valence-corrected chi connectivity index (χ4v) is 2.59. The summed E-state index contributed by atoms with van der Waals surface area (Å²) >= 11 is 0. The van der Waals surface area contributed by atoms with Gasteiger partial charge in [0.1, 0.15) is 0 Å². The van der Waals surface area contributed by atoms with E-state index in [-0.39, 0.29) is 0 Å². The lowest BCUT2D eigenvalue weighted by molar-refractivity contribution is -0.396. The molecule has 29 heavy (non-hydrogen) atoms. The molecule has 0 aromatic carbocycles. The first-order chi connectivity index (χ1) is 12.7. The van der Waals surface area contributed by atoms with Gasteiger partial charge < -0.3 is 4.84 Å². The molecule has 18 heteroatoms. The van der Waals surface area contributed by atoms with E-state index in [1.165, 1.54) is 0 Å². The van der Waals surface area contributed by atoms with Gasteiger partial charge in [-0.05, 0) is 0 Å². The van der Waals surface area contributed by atoms with Crippen molar-refractivity contribution in [3.63, 3.8) is 0 Å². The Hall–Kier alpha value is -2.11. The Morgan fingerprint density at radius 3 is 1.90 bits per heavy atom. The van der Waals surface area contributed by atoms with Crippen molar-refractivity contribution in [1.29, 1.82) is 0 Å². The molecule has 0 radical (unpaired) electrons. The van der Waals surface area contributed by atoms with E-state index >= 15 is 0 Å². The van der Waals surface area contributed by atoms with Gasteiger partial charge >= 0.3 is 29.9 Å². The van der Waals surface area contributed by atoms with Crippen LogP contribution in [0.1, 0.15) is 19.3 Å². The Kier molecular flexibility index (Phi) is 6.27. The molecule has 1 saturated heterocycles. The summed E-state index contributed by atoms with van der Waals surface area (Å²) in [5, 5.41) is -3.03. The van der Waals surface area contributed by atoms with Crippen LogP contribution >= 0.6 is 0 Å². The lowest BCUT2D eigenvalue weighted by Gasteiger charge is -2.33. The monoisotopic (exact) mass is 469 g/mol. The molecule has 0 aromatic heterocycles. The number of alkyl halides is 9. The normalized spacial score (nSPS) is 19.7. The van der Waals surface area contributed by atoms with Crippen molar-refractivity contribution in [2.75, 3.05) is 0 Å². The van der Waals surface area contributed by atoms with Crippen LogP contribution in [0.4, 0.5) is 39.5 Å². The molecule has 0 spiro atoms. The topological polar surface area (TPSA) is 118 Å². The molecule has 8 nitrogen and oxygen atoms in total. The summed E-state index contributed by atoms with van der Waals surface area (Å²) in [4.78, 5) is 38.0. The highest BCUT2D eigenvalue weighted by Crippen LogP contribution is 2.54. The molecule has 0 aromatic rings. The third-order valence-electron chi connectivity index (χ3n) is 3.47. The summed E-state index contributed by atoms with van der Waals surface area (Å²) in [7, 11) is -5.15.